The van der Waals surface area contributed by atoms with Crippen LogP contribution in [0.3, 0.4) is 0 Å². The molecular formula is C18H17FO2. The van der Waals surface area contributed by atoms with Crippen molar-refractivity contribution >= 4 is 5.97 Å². The van der Waals surface area contributed by atoms with Crippen LogP contribution in [0.25, 0.3) is 0 Å². The van der Waals surface area contributed by atoms with Crippen LogP contribution in [0.5, 0.6) is 0 Å². The van der Waals surface area contributed by atoms with Gasteiger partial charge in [0, 0.05) is 11.5 Å². The summed E-state index contributed by atoms with van der Waals surface area (Å²) in [7, 11) is 0. The monoisotopic (exact) mass is 284 g/mol. The van der Waals surface area contributed by atoms with E-state index in [4.69, 9.17) is 5.11 Å². The molecule has 0 radical (unpaired) electrons. The van der Waals surface area contributed by atoms with E-state index in [0.29, 0.717) is 0 Å². The Hall–Kier alpha value is -2.42. The maximum Gasteiger partial charge on any atom is 0.330 e. The van der Waals surface area contributed by atoms with Crippen LogP contribution in [0.4, 0.5) is 4.39 Å². The predicted octanol–water partition coefficient (Wildman–Crippen LogP) is 4.30. The van der Waals surface area contributed by atoms with Crippen molar-refractivity contribution in [1.82, 2.24) is 0 Å². The third-order valence-electron chi connectivity index (χ3n) is 3.42. The molecule has 0 fully saturated rings. The number of aryl methyl sites for hydroxylation is 1. The van der Waals surface area contributed by atoms with Crippen LogP contribution >= 0.6 is 0 Å². The largest absolute Gasteiger partial charge is 0.478 e. The van der Waals surface area contributed by atoms with Crippen molar-refractivity contribution in [1.29, 1.82) is 0 Å². The lowest BCUT2D eigenvalue weighted by molar-refractivity contribution is -0.132. The van der Waals surface area contributed by atoms with Gasteiger partial charge >= 0.3 is 5.97 Å². The van der Waals surface area contributed by atoms with Crippen LogP contribution in [0.15, 0.2) is 60.2 Å². The van der Waals surface area contributed by atoms with E-state index in [2.05, 4.69) is 0 Å². The second-order valence-electron chi connectivity index (χ2n) is 5.09. The molecule has 0 bridgehead atoms. The number of carboxylic acids is 1. The topological polar surface area (TPSA) is 37.3 Å². The highest BCUT2D eigenvalue weighted by Crippen LogP contribution is 2.28. The van der Waals surface area contributed by atoms with Crippen molar-refractivity contribution in [3.05, 3.63) is 82.7 Å². The highest BCUT2D eigenvalue weighted by atomic mass is 19.1. The van der Waals surface area contributed by atoms with Gasteiger partial charge in [-0.15, -0.1) is 0 Å². The van der Waals surface area contributed by atoms with E-state index in [-0.39, 0.29) is 17.3 Å². The summed E-state index contributed by atoms with van der Waals surface area (Å²) in [6, 6.07) is 14.0. The van der Waals surface area contributed by atoms with Crippen molar-refractivity contribution < 1.29 is 14.3 Å². The Kier molecular flexibility index (Phi) is 4.53. The third-order valence-corrected chi connectivity index (χ3v) is 3.42. The fourth-order valence-corrected chi connectivity index (χ4v) is 2.15. The molecule has 2 nitrogen and oxygen atoms in total. The Balaban J connectivity index is 2.48. The van der Waals surface area contributed by atoms with Gasteiger partial charge in [0.1, 0.15) is 5.82 Å². The zero-order valence-corrected chi connectivity index (χ0v) is 12.0. The Morgan fingerprint density at radius 2 is 1.52 bits per heavy atom. The highest BCUT2D eigenvalue weighted by Gasteiger charge is 2.14. The number of aliphatic carboxylic acids is 1. The molecular weight excluding hydrogens is 267 g/mol. The normalized spacial score (nSPS) is 13.0. The number of rotatable bonds is 4. The van der Waals surface area contributed by atoms with Crippen LogP contribution in [-0.4, -0.2) is 11.1 Å². The summed E-state index contributed by atoms with van der Waals surface area (Å²) in [6.07, 6.45) is 1.69. The minimum atomic E-state index is -0.950. The Morgan fingerprint density at radius 1 is 1.05 bits per heavy atom. The van der Waals surface area contributed by atoms with E-state index in [1.807, 2.05) is 31.2 Å². The van der Waals surface area contributed by atoms with Gasteiger partial charge < -0.3 is 5.11 Å². The molecule has 2 aromatic carbocycles. The molecule has 2 rings (SSSR count). The molecule has 21 heavy (non-hydrogen) atoms. The highest BCUT2D eigenvalue weighted by molar-refractivity contribution is 5.86. The SMILES string of the molecule is CC(=CC(c1ccc(C)cc1)c1ccc(F)cc1)C(=O)O. The Morgan fingerprint density at radius 3 is 2.00 bits per heavy atom. The summed E-state index contributed by atoms with van der Waals surface area (Å²) in [5.41, 5.74) is 3.24. The summed E-state index contributed by atoms with van der Waals surface area (Å²) in [6.45, 7) is 3.56. The standard InChI is InChI=1S/C18H17FO2/c1-12-3-5-14(6-4-12)17(11-13(2)18(20)21)15-7-9-16(19)10-8-15/h3-11,17H,1-2H3,(H,20,21). The quantitative estimate of drug-likeness (QED) is 0.850. The Labute approximate surface area is 123 Å². The zero-order chi connectivity index (χ0) is 15.4. The molecule has 2 aromatic rings. The lowest BCUT2D eigenvalue weighted by atomic mass is 9.89. The van der Waals surface area contributed by atoms with E-state index >= 15 is 0 Å². The molecule has 0 saturated carbocycles. The predicted molar refractivity (Wildman–Crippen MR) is 80.8 cm³/mol. The maximum atomic E-state index is 13.1. The maximum absolute atomic E-state index is 13.1. The summed E-state index contributed by atoms with van der Waals surface area (Å²) in [5, 5.41) is 9.08. The van der Waals surface area contributed by atoms with Crippen LogP contribution < -0.4 is 0 Å². The average molecular weight is 284 g/mol. The molecule has 0 aliphatic heterocycles. The van der Waals surface area contributed by atoms with Crippen LogP contribution in [0.1, 0.15) is 29.5 Å². The van der Waals surface area contributed by atoms with Gasteiger partial charge in [-0.2, -0.15) is 0 Å². The smallest absolute Gasteiger partial charge is 0.330 e. The molecule has 0 amide bonds. The molecule has 0 aliphatic rings. The molecule has 108 valence electrons. The molecule has 1 unspecified atom stereocenters. The number of hydrogen-bond acceptors (Lipinski definition) is 1. The van der Waals surface area contributed by atoms with Gasteiger partial charge in [-0.1, -0.05) is 48.0 Å². The lowest BCUT2D eigenvalue weighted by Crippen LogP contribution is -2.03. The second-order valence-corrected chi connectivity index (χ2v) is 5.09. The van der Waals surface area contributed by atoms with Gasteiger partial charge in [0.25, 0.3) is 0 Å². The summed E-state index contributed by atoms with van der Waals surface area (Å²) in [4.78, 5) is 11.1. The second kappa shape index (κ2) is 6.35. The first-order valence-corrected chi connectivity index (χ1v) is 6.71. The molecule has 0 spiro atoms. The molecule has 1 N–H and O–H groups in total. The number of hydrogen-bond donors (Lipinski definition) is 1. The van der Waals surface area contributed by atoms with Crippen molar-refractivity contribution in [3.8, 4) is 0 Å². The van der Waals surface area contributed by atoms with Crippen molar-refractivity contribution in [2.24, 2.45) is 0 Å². The first kappa shape index (κ1) is 15.0. The third kappa shape index (κ3) is 3.78. The van der Waals surface area contributed by atoms with Gasteiger partial charge in [0.15, 0.2) is 0 Å². The molecule has 0 aliphatic carbocycles. The number of allylic oxidation sites excluding steroid dienone is 1. The van der Waals surface area contributed by atoms with Gasteiger partial charge in [-0.3, -0.25) is 0 Å². The summed E-state index contributed by atoms with van der Waals surface area (Å²) < 4.78 is 13.1. The average Bonchev–Trinajstić information content (AvgIpc) is 2.46. The molecule has 0 aromatic heterocycles. The number of halogens is 1. The first-order chi connectivity index (χ1) is 9.97. The first-order valence-electron chi connectivity index (χ1n) is 6.71. The van der Waals surface area contributed by atoms with E-state index in [9.17, 15) is 9.18 Å². The minimum absolute atomic E-state index is 0.206. The van der Waals surface area contributed by atoms with Gasteiger partial charge in [-0.25, -0.2) is 9.18 Å². The van der Waals surface area contributed by atoms with Crippen LogP contribution in [0, 0.1) is 12.7 Å². The van der Waals surface area contributed by atoms with Crippen molar-refractivity contribution in [3.63, 3.8) is 0 Å². The molecule has 0 heterocycles. The van der Waals surface area contributed by atoms with E-state index in [1.165, 1.54) is 12.1 Å². The van der Waals surface area contributed by atoms with E-state index < -0.39 is 5.97 Å². The fraction of sp³-hybridized carbons (Fsp3) is 0.167. The van der Waals surface area contributed by atoms with Gasteiger partial charge in [-0.05, 0) is 37.1 Å². The summed E-state index contributed by atoms with van der Waals surface area (Å²) >= 11 is 0. The minimum Gasteiger partial charge on any atom is -0.478 e. The van der Waals surface area contributed by atoms with Crippen molar-refractivity contribution in [2.45, 2.75) is 19.8 Å². The lowest BCUT2D eigenvalue weighted by Gasteiger charge is -2.15. The molecule has 1 atom stereocenters. The molecule has 0 saturated heterocycles. The summed E-state index contributed by atoms with van der Waals surface area (Å²) in [5.74, 6) is -1.46. The van der Waals surface area contributed by atoms with Crippen molar-refractivity contribution in [2.75, 3.05) is 0 Å². The van der Waals surface area contributed by atoms with E-state index in [0.717, 1.165) is 16.7 Å². The van der Waals surface area contributed by atoms with Crippen LogP contribution in [-0.2, 0) is 4.79 Å². The Bertz CT molecular complexity index is 609. The number of carboxylic acid groups (broad SMARTS) is 1. The van der Waals surface area contributed by atoms with Gasteiger partial charge in [0.2, 0.25) is 0 Å². The zero-order valence-electron chi connectivity index (χ0n) is 12.0. The van der Waals surface area contributed by atoms with E-state index in [1.54, 1.807) is 25.1 Å². The number of carbonyl (C=O) groups is 1. The van der Waals surface area contributed by atoms with Gasteiger partial charge in [0.05, 0.1) is 0 Å². The number of benzene rings is 2. The van der Waals surface area contributed by atoms with Crippen LogP contribution in [0.2, 0.25) is 0 Å². The molecule has 3 heteroatoms. The fourth-order valence-electron chi connectivity index (χ4n) is 2.15.